The van der Waals surface area contributed by atoms with E-state index in [9.17, 15) is 18.8 Å². The standard InChI is InChI=1S/C23H26F2N2O4/c1-5-29-20-12-16(10-11-19(20)31-23(24)25)14-27(4)22(28)21(15(2)3)30-18-9-7-6-8-17(18)13-26/h6-12,15,21,23H,5,14H2,1-4H3. The highest BCUT2D eigenvalue weighted by Gasteiger charge is 2.28. The highest BCUT2D eigenvalue weighted by molar-refractivity contribution is 5.81. The number of para-hydroxylation sites is 1. The molecule has 2 aromatic carbocycles. The third-order valence-corrected chi connectivity index (χ3v) is 4.43. The van der Waals surface area contributed by atoms with E-state index in [1.165, 1.54) is 11.0 Å². The number of rotatable bonds is 10. The van der Waals surface area contributed by atoms with Gasteiger partial charge in [-0.25, -0.2) is 0 Å². The first-order valence-electron chi connectivity index (χ1n) is 9.88. The van der Waals surface area contributed by atoms with E-state index in [4.69, 9.17) is 9.47 Å². The maximum Gasteiger partial charge on any atom is 0.387 e. The van der Waals surface area contributed by atoms with Gasteiger partial charge in [0.05, 0.1) is 12.2 Å². The van der Waals surface area contributed by atoms with Crippen LogP contribution in [0.3, 0.4) is 0 Å². The van der Waals surface area contributed by atoms with Gasteiger partial charge in [-0.15, -0.1) is 0 Å². The van der Waals surface area contributed by atoms with Gasteiger partial charge < -0.3 is 19.1 Å². The third-order valence-electron chi connectivity index (χ3n) is 4.43. The minimum Gasteiger partial charge on any atom is -0.490 e. The van der Waals surface area contributed by atoms with E-state index in [0.717, 1.165) is 0 Å². The number of nitriles is 1. The van der Waals surface area contributed by atoms with Crippen molar-refractivity contribution in [2.75, 3.05) is 13.7 Å². The highest BCUT2D eigenvalue weighted by Crippen LogP contribution is 2.30. The fourth-order valence-electron chi connectivity index (χ4n) is 2.95. The van der Waals surface area contributed by atoms with Gasteiger partial charge in [0.1, 0.15) is 11.8 Å². The predicted octanol–water partition coefficient (Wildman–Crippen LogP) is 4.62. The van der Waals surface area contributed by atoms with E-state index in [2.05, 4.69) is 10.8 Å². The lowest BCUT2D eigenvalue weighted by Gasteiger charge is -2.27. The van der Waals surface area contributed by atoms with Crippen molar-refractivity contribution in [1.29, 1.82) is 5.26 Å². The number of likely N-dealkylation sites (N-methyl/N-ethyl adjacent to an activating group) is 1. The van der Waals surface area contributed by atoms with Crippen LogP contribution in [0.4, 0.5) is 8.78 Å². The Balaban J connectivity index is 2.18. The molecule has 1 atom stereocenters. The number of benzene rings is 2. The zero-order valence-electron chi connectivity index (χ0n) is 18.0. The van der Waals surface area contributed by atoms with Crippen LogP contribution in [0.1, 0.15) is 31.9 Å². The molecule has 6 nitrogen and oxygen atoms in total. The number of ether oxygens (including phenoxy) is 3. The summed E-state index contributed by atoms with van der Waals surface area (Å²) in [7, 11) is 1.63. The van der Waals surface area contributed by atoms with Crippen molar-refractivity contribution in [3.63, 3.8) is 0 Å². The Morgan fingerprint density at radius 1 is 1.10 bits per heavy atom. The molecule has 0 heterocycles. The lowest BCUT2D eigenvalue weighted by atomic mass is 10.1. The minimum atomic E-state index is -2.96. The molecule has 0 bridgehead atoms. The molecule has 166 valence electrons. The molecule has 8 heteroatoms. The Hall–Kier alpha value is -3.34. The zero-order chi connectivity index (χ0) is 23.0. The first-order chi connectivity index (χ1) is 14.8. The Morgan fingerprint density at radius 2 is 1.81 bits per heavy atom. The molecular weight excluding hydrogens is 406 g/mol. The van der Waals surface area contributed by atoms with Crippen molar-refractivity contribution in [3.8, 4) is 23.3 Å². The van der Waals surface area contributed by atoms with Crippen LogP contribution >= 0.6 is 0 Å². The Bertz CT molecular complexity index is 928. The molecule has 0 aliphatic rings. The van der Waals surface area contributed by atoms with Crippen molar-refractivity contribution < 1.29 is 27.8 Å². The fourth-order valence-corrected chi connectivity index (χ4v) is 2.95. The van der Waals surface area contributed by atoms with E-state index in [-0.39, 0.29) is 36.5 Å². The van der Waals surface area contributed by atoms with Crippen molar-refractivity contribution in [2.45, 2.75) is 40.0 Å². The third kappa shape index (κ3) is 6.57. The summed E-state index contributed by atoms with van der Waals surface area (Å²) >= 11 is 0. The second-order valence-electron chi connectivity index (χ2n) is 7.18. The topological polar surface area (TPSA) is 71.8 Å². The smallest absolute Gasteiger partial charge is 0.387 e. The summed E-state index contributed by atoms with van der Waals surface area (Å²) in [6.07, 6.45) is -0.799. The van der Waals surface area contributed by atoms with E-state index >= 15 is 0 Å². The summed E-state index contributed by atoms with van der Waals surface area (Å²) in [5.41, 5.74) is 1.03. The molecule has 0 radical (unpaired) electrons. The van der Waals surface area contributed by atoms with Crippen LogP contribution in [0.25, 0.3) is 0 Å². The minimum absolute atomic E-state index is 0.0638. The first-order valence-corrected chi connectivity index (χ1v) is 9.88. The van der Waals surface area contributed by atoms with Crippen LogP contribution in [0, 0.1) is 17.2 Å². The molecule has 0 aliphatic heterocycles. The van der Waals surface area contributed by atoms with E-state index in [1.54, 1.807) is 50.4 Å². The molecule has 0 aromatic heterocycles. The molecule has 0 aliphatic carbocycles. The van der Waals surface area contributed by atoms with Crippen LogP contribution in [0.15, 0.2) is 42.5 Å². The average Bonchev–Trinajstić information content (AvgIpc) is 2.73. The molecule has 0 spiro atoms. The van der Waals surface area contributed by atoms with Crippen LogP contribution < -0.4 is 14.2 Å². The SMILES string of the molecule is CCOc1cc(CN(C)C(=O)C(Oc2ccccc2C#N)C(C)C)ccc1OC(F)F. The second-order valence-corrected chi connectivity index (χ2v) is 7.18. The van der Waals surface area contributed by atoms with Gasteiger partial charge in [0.25, 0.3) is 5.91 Å². The molecule has 1 unspecified atom stereocenters. The monoisotopic (exact) mass is 432 g/mol. The number of amides is 1. The molecule has 0 saturated carbocycles. The van der Waals surface area contributed by atoms with Crippen LogP contribution in [-0.2, 0) is 11.3 Å². The summed E-state index contributed by atoms with van der Waals surface area (Å²) in [5, 5.41) is 9.26. The Labute approximate surface area is 180 Å². The van der Waals surface area contributed by atoms with Gasteiger partial charge in [0.2, 0.25) is 0 Å². The second kappa shape index (κ2) is 11.2. The first kappa shape index (κ1) is 23.9. The van der Waals surface area contributed by atoms with Gasteiger partial charge >= 0.3 is 6.61 Å². The van der Waals surface area contributed by atoms with E-state index < -0.39 is 12.7 Å². The van der Waals surface area contributed by atoms with Gasteiger partial charge in [0.15, 0.2) is 17.6 Å². The van der Waals surface area contributed by atoms with Crippen LogP contribution in [0.2, 0.25) is 0 Å². The number of hydrogen-bond donors (Lipinski definition) is 0. The normalized spacial score (nSPS) is 11.7. The molecule has 1 amide bonds. The maximum absolute atomic E-state index is 13.1. The van der Waals surface area contributed by atoms with Gasteiger partial charge in [-0.2, -0.15) is 14.0 Å². The van der Waals surface area contributed by atoms with Gasteiger partial charge in [-0.3, -0.25) is 4.79 Å². The number of carbonyl (C=O) groups excluding carboxylic acids is 1. The van der Waals surface area contributed by atoms with Gasteiger partial charge in [-0.05, 0) is 42.7 Å². The number of hydrogen-bond acceptors (Lipinski definition) is 5. The molecule has 0 N–H and O–H groups in total. The van der Waals surface area contributed by atoms with Gasteiger partial charge in [0, 0.05) is 13.6 Å². The van der Waals surface area contributed by atoms with Crippen molar-refractivity contribution in [2.24, 2.45) is 5.92 Å². The molecule has 2 aromatic rings. The summed E-state index contributed by atoms with van der Waals surface area (Å²) in [5.74, 6) is 0.0422. The molecule has 2 rings (SSSR count). The summed E-state index contributed by atoms with van der Waals surface area (Å²) in [6, 6.07) is 13.4. The quantitative estimate of drug-likeness (QED) is 0.548. The van der Waals surface area contributed by atoms with E-state index in [1.807, 2.05) is 13.8 Å². The predicted molar refractivity (Wildman–Crippen MR) is 111 cm³/mol. The zero-order valence-corrected chi connectivity index (χ0v) is 18.0. The molecule has 31 heavy (non-hydrogen) atoms. The highest BCUT2D eigenvalue weighted by atomic mass is 19.3. The van der Waals surface area contributed by atoms with Crippen molar-refractivity contribution in [3.05, 3.63) is 53.6 Å². The molecule has 0 fully saturated rings. The number of alkyl halides is 2. The van der Waals surface area contributed by atoms with Crippen LogP contribution in [0.5, 0.6) is 17.2 Å². The Morgan fingerprint density at radius 3 is 2.42 bits per heavy atom. The maximum atomic E-state index is 13.1. The summed E-state index contributed by atoms with van der Waals surface area (Å²) < 4.78 is 41.0. The molecular formula is C23H26F2N2O4. The fraction of sp³-hybridized carbons (Fsp3) is 0.391. The number of carbonyl (C=O) groups is 1. The van der Waals surface area contributed by atoms with Crippen molar-refractivity contribution >= 4 is 5.91 Å². The lowest BCUT2D eigenvalue weighted by molar-refractivity contribution is -0.139. The average molecular weight is 432 g/mol. The van der Waals surface area contributed by atoms with Crippen molar-refractivity contribution in [1.82, 2.24) is 4.90 Å². The summed E-state index contributed by atoms with van der Waals surface area (Å²) in [6.45, 7) is 2.97. The number of halogens is 2. The van der Waals surface area contributed by atoms with Crippen LogP contribution in [-0.4, -0.2) is 37.2 Å². The lowest BCUT2D eigenvalue weighted by Crippen LogP contribution is -2.42. The van der Waals surface area contributed by atoms with E-state index in [0.29, 0.717) is 16.9 Å². The number of nitrogens with zero attached hydrogens (tertiary/aromatic N) is 2. The Kier molecular flexibility index (Phi) is 8.62. The largest absolute Gasteiger partial charge is 0.490 e. The summed E-state index contributed by atoms with van der Waals surface area (Å²) in [4.78, 5) is 14.6. The molecule has 0 saturated heterocycles. The van der Waals surface area contributed by atoms with Gasteiger partial charge in [-0.1, -0.05) is 32.0 Å².